The summed E-state index contributed by atoms with van der Waals surface area (Å²) in [6, 6.07) is 16.3. The van der Waals surface area contributed by atoms with Crippen LogP contribution in [0.15, 0.2) is 72.2 Å². The molecule has 7 heteroatoms. The van der Waals surface area contributed by atoms with E-state index in [1.165, 1.54) is 0 Å². The number of nitrogens with one attached hydrogen (secondary N) is 1. The van der Waals surface area contributed by atoms with Crippen LogP contribution in [0.1, 0.15) is 43.9 Å². The molecule has 0 amide bonds. The quantitative estimate of drug-likeness (QED) is 0.266. The molecule has 0 spiro atoms. The molecule has 0 aliphatic rings. The number of aryl methyl sites for hydroxylation is 2. The largest absolute Gasteiger partial charge is 0.328 e. The second-order valence-electron chi connectivity index (χ2n) is 8.19. The van der Waals surface area contributed by atoms with Crippen molar-refractivity contribution in [3.8, 4) is 22.5 Å². The number of aromatic nitrogens is 6. The van der Waals surface area contributed by atoms with Crippen LogP contribution in [-0.4, -0.2) is 29.8 Å². The fourth-order valence-electron chi connectivity index (χ4n) is 4.07. The Morgan fingerprint density at radius 3 is 2.55 bits per heavy atom. The van der Waals surface area contributed by atoms with E-state index in [9.17, 15) is 4.79 Å². The van der Waals surface area contributed by atoms with Crippen molar-refractivity contribution in [1.29, 1.82) is 0 Å². The van der Waals surface area contributed by atoms with Gasteiger partial charge in [-0.15, -0.1) is 16.8 Å². The zero-order valence-corrected chi connectivity index (χ0v) is 19.1. The minimum absolute atomic E-state index is 0.0664. The molecule has 7 nitrogen and oxygen atoms in total. The number of aromatic amines is 1. The highest BCUT2D eigenvalue weighted by Gasteiger charge is 2.13. The molecular formula is C26H30N6O. The predicted molar refractivity (Wildman–Crippen MR) is 131 cm³/mol. The number of allylic oxidation sites excluding steroid dienone is 1. The zero-order chi connectivity index (χ0) is 23.0. The number of benzene rings is 2. The van der Waals surface area contributed by atoms with Crippen LogP contribution in [-0.2, 0) is 19.5 Å². The third kappa shape index (κ3) is 5.19. The van der Waals surface area contributed by atoms with Gasteiger partial charge in [0.05, 0.1) is 6.54 Å². The number of tetrazole rings is 1. The topological polar surface area (TPSA) is 81.4 Å². The second kappa shape index (κ2) is 10.7. The van der Waals surface area contributed by atoms with Crippen molar-refractivity contribution < 1.29 is 0 Å². The lowest BCUT2D eigenvalue weighted by Crippen LogP contribution is -2.25. The van der Waals surface area contributed by atoms with Gasteiger partial charge in [0.1, 0.15) is 0 Å². The van der Waals surface area contributed by atoms with Crippen LogP contribution in [0.3, 0.4) is 0 Å². The number of unbranched alkanes of at least 4 members (excludes halogenated alkanes) is 2. The summed E-state index contributed by atoms with van der Waals surface area (Å²) in [5.41, 5.74) is 5.24. The van der Waals surface area contributed by atoms with E-state index in [4.69, 9.17) is 0 Å². The molecule has 1 N–H and O–H groups in total. The fourth-order valence-corrected chi connectivity index (χ4v) is 4.07. The maximum atomic E-state index is 13.1. The number of nitrogens with zero attached hydrogens (tertiary/aromatic N) is 5. The summed E-state index contributed by atoms with van der Waals surface area (Å²) in [7, 11) is 0. The van der Waals surface area contributed by atoms with Crippen LogP contribution in [0.5, 0.6) is 0 Å². The normalized spacial score (nSPS) is 11.1. The Bertz CT molecular complexity index is 1230. The second-order valence-corrected chi connectivity index (χ2v) is 8.19. The molecule has 170 valence electrons. The minimum atomic E-state index is 0.0664. The van der Waals surface area contributed by atoms with Crippen molar-refractivity contribution in [2.24, 2.45) is 0 Å². The van der Waals surface area contributed by atoms with Crippen LogP contribution in [0, 0.1) is 0 Å². The van der Waals surface area contributed by atoms with Gasteiger partial charge >= 0.3 is 5.69 Å². The van der Waals surface area contributed by atoms with Crippen molar-refractivity contribution in [2.45, 2.75) is 52.1 Å². The molecule has 2 aromatic carbocycles. The van der Waals surface area contributed by atoms with Crippen LogP contribution < -0.4 is 5.69 Å². The van der Waals surface area contributed by atoms with Crippen molar-refractivity contribution in [1.82, 2.24) is 29.8 Å². The lowest BCUT2D eigenvalue weighted by Gasteiger charge is -2.10. The Morgan fingerprint density at radius 2 is 1.85 bits per heavy atom. The highest BCUT2D eigenvalue weighted by molar-refractivity contribution is 5.80. The van der Waals surface area contributed by atoms with Gasteiger partial charge in [-0.25, -0.2) is 4.79 Å². The van der Waals surface area contributed by atoms with Crippen LogP contribution in [0.4, 0.5) is 0 Å². The lowest BCUT2D eigenvalue weighted by atomic mass is 9.98. The van der Waals surface area contributed by atoms with E-state index in [1.54, 1.807) is 0 Å². The summed E-state index contributed by atoms with van der Waals surface area (Å²) < 4.78 is 3.77. The van der Waals surface area contributed by atoms with Gasteiger partial charge in [-0.2, -0.15) is 5.21 Å². The van der Waals surface area contributed by atoms with Gasteiger partial charge in [0.25, 0.3) is 0 Å². The number of hydrogen-bond acceptors (Lipinski definition) is 4. The molecule has 0 fully saturated rings. The Hall–Kier alpha value is -3.74. The third-order valence-corrected chi connectivity index (χ3v) is 5.85. The molecule has 0 aliphatic carbocycles. The maximum Gasteiger partial charge on any atom is 0.328 e. The summed E-state index contributed by atoms with van der Waals surface area (Å²) in [4.78, 5) is 13.1. The molecule has 2 aromatic heterocycles. The molecular weight excluding hydrogens is 412 g/mol. The van der Waals surface area contributed by atoms with Crippen molar-refractivity contribution in [3.63, 3.8) is 0 Å². The minimum Gasteiger partial charge on any atom is -0.299 e. The Labute approximate surface area is 193 Å². The summed E-state index contributed by atoms with van der Waals surface area (Å²) in [6.07, 6.45) is 8.89. The smallest absolute Gasteiger partial charge is 0.299 e. The summed E-state index contributed by atoms with van der Waals surface area (Å²) in [5, 5.41) is 14.4. The first kappa shape index (κ1) is 22.5. The number of hydrogen-bond donors (Lipinski definition) is 1. The standard InChI is InChI=1S/C26H30N6O/c1-3-5-9-17-31-19-22(10-6-4-2)32(26(31)33)18-20-13-15-21(16-14-20)23-11-7-8-12-24(23)25-27-29-30-28-25/h4,7-8,11-16,19H,2-3,5-6,9-10,17-18H2,1H3,(H,27,28,29,30). The molecule has 0 atom stereocenters. The first-order valence-corrected chi connectivity index (χ1v) is 11.5. The monoisotopic (exact) mass is 442 g/mol. The summed E-state index contributed by atoms with van der Waals surface area (Å²) >= 11 is 0. The molecule has 0 bridgehead atoms. The molecule has 2 heterocycles. The lowest BCUT2D eigenvalue weighted by molar-refractivity contribution is 0.573. The molecule has 4 rings (SSSR count). The molecule has 4 aromatic rings. The number of imidazole rings is 1. The van der Waals surface area contributed by atoms with E-state index in [-0.39, 0.29) is 5.69 Å². The third-order valence-electron chi connectivity index (χ3n) is 5.85. The van der Waals surface area contributed by atoms with E-state index in [1.807, 2.05) is 39.6 Å². The van der Waals surface area contributed by atoms with E-state index in [0.29, 0.717) is 12.4 Å². The SMILES string of the molecule is C=CCCc1cn(CCCCC)c(=O)n1Cc1ccc(-c2ccccc2-c2nn[nH]n2)cc1. The Balaban J connectivity index is 1.59. The Kier molecular flexibility index (Phi) is 7.29. The number of rotatable bonds is 11. The molecule has 0 saturated carbocycles. The average molecular weight is 443 g/mol. The van der Waals surface area contributed by atoms with Crippen LogP contribution in [0.2, 0.25) is 0 Å². The fraction of sp³-hybridized carbons (Fsp3) is 0.308. The highest BCUT2D eigenvalue weighted by Crippen LogP contribution is 2.29. The summed E-state index contributed by atoms with van der Waals surface area (Å²) in [5.74, 6) is 0.567. The van der Waals surface area contributed by atoms with Crippen LogP contribution >= 0.6 is 0 Å². The molecule has 0 radical (unpaired) electrons. The molecule has 0 saturated heterocycles. The van der Waals surface area contributed by atoms with Gasteiger partial charge in [-0.1, -0.05) is 74.4 Å². The van der Waals surface area contributed by atoms with Crippen LogP contribution in [0.25, 0.3) is 22.5 Å². The van der Waals surface area contributed by atoms with E-state index in [2.05, 4.69) is 64.5 Å². The van der Waals surface area contributed by atoms with Gasteiger partial charge in [-0.3, -0.25) is 9.13 Å². The molecule has 0 aliphatic heterocycles. The first-order valence-electron chi connectivity index (χ1n) is 11.5. The van der Waals surface area contributed by atoms with Gasteiger partial charge < -0.3 is 0 Å². The van der Waals surface area contributed by atoms with Gasteiger partial charge in [0.2, 0.25) is 5.82 Å². The van der Waals surface area contributed by atoms with Crippen molar-refractivity contribution in [2.75, 3.05) is 0 Å². The van der Waals surface area contributed by atoms with E-state index < -0.39 is 0 Å². The number of H-pyrrole nitrogens is 1. The van der Waals surface area contributed by atoms with Crippen molar-refractivity contribution in [3.05, 3.63) is 89.1 Å². The first-order chi connectivity index (χ1) is 16.2. The summed E-state index contributed by atoms with van der Waals surface area (Å²) in [6.45, 7) is 7.33. The average Bonchev–Trinajstić information content (AvgIpc) is 3.48. The van der Waals surface area contributed by atoms with Gasteiger partial charge in [-0.05, 0) is 41.2 Å². The molecule has 0 unspecified atom stereocenters. The Morgan fingerprint density at radius 1 is 1.06 bits per heavy atom. The van der Waals surface area contributed by atoms with Gasteiger partial charge in [0.15, 0.2) is 0 Å². The van der Waals surface area contributed by atoms with E-state index >= 15 is 0 Å². The van der Waals surface area contributed by atoms with E-state index in [0.717, 1.165) is 66.6 Å². The highest BCUT2D eigenvalue weighted by atomic mass is 16.1. The predicted octanol–water partition coefficient (Wildman–Crippen LogP) is 4.85. The van der Waals surface area contributed by atoms with Crippen molar-refractivity contribution >= 4 is 0 Å². The zero-order valence-electron chi connectivity index (χ0n) is 19.1. The van der Waals surface area contributed by atoms with Gasteiger partial charge in [0, 0.05) is 24.0 Å². The maximum absolute atomic E-state index is 13.1. The molecule has 33 heavy (non-hydrogen) atoms.